The van der Waals surface area contributed by atoms with E-state index in [1.807, 2.05) is 35.0 Å². The number of hydrogen-bond acceptors (Lipinski definition) is 3. The lowest BCUT2D eigenvalue weighted by molar-refractivity contribution is 0.0447. The van der Waals surface area contributed by atoms with Crippen LogP contribution in [0.2, 0.25) is 0 Å². The van der Waals surface area contributed by atoms with Crippen LogP contribution < -0.4 is 4.74 Å². The van der Waals surface area contributed by atoms with Crippen molar-refractivity contribution in [3.05, 3.63) is 41.1 Å². The van der Waals surface area contributed by atoms with Gasteiger partial charge in [-0.1, -0.05) is 18.2 Å². The van der Waals surface area contributed by atoms with Crippen LogP contribution in [0.5, 0.6) is 11.5 Å². The van der Waals surface area contributed by atoms with Crippen molar-refractivity contribution in [2.75, 3.05) is 6.61 Å². The van der Waals surface area contributed by atoms with Gasteiger partial charge in [-0.3, -0.25) is 0 Å². The topological polar surface area (TPSA) is 36.3 Å². The summed E-state index contributed by atoms with van der Waals surface area (Å²) in [6, 6.07) is 9.66. The monoisotopic (exact) mass is 308 g/mol. The molecule has 1 saturated heterocycles. The van der Waals surface area contributed by atoms with Gasteiger partial charge in [-0.05, 0) is 40.9 Å². The Morgan fingerprint density at radius 2 is 2.17 bits per heavy atom. The Morgan fingerprint density at radius 1 is 1.33 bits per heavy atom. The van der Waals surface area contributed by atoms with Crippen molar-refractivity contribution in [2.24, 2.45) is 0 Å². The van der Waals surface area contributed by atoms with Crippen LogP contribution in [0.25, 0.3) is 0 Å². The summed E-state index contributed by atoms with van der Waals surface area (Å²) in [5.74, 6) is 1.50. The van der Waals surface area contributed by atoms with Crippen molar-refractivity contribution in [3.8, 4) is 11.5 Å². The zero-order valence-corrected chi connectivity index (χ0v) is 11.3. The predicted molar refractivity (Wildman–Crippen MR) is 70.7 cm³/mol. The molecule has 3 rings (SSSR count). The van der Waals surface area contributed by atoms with Crippen LogP contribution in [0.15, 0.2) is 41.1 Å². The Kier molecular flexibility index (Phi) is 3.34. The molecule has 2 aromatic rings. The van der Waals surface area contributed by atoms with Gasteiger partial charge in [0.05, 0.1) is 6.20 Å². The van der Waals surface area contributed by atoms with Crippen LogP contribution in [0.1, 0.15) is 19.1 Å². The fourth-order valence-electron chi connectivity index (χ4n) is 1.97. The lowest BCUT2D eigenvalue weighted by Crippen LogP contribution is -2.08. The van der Waals surface area contributed by atoms with Crippen molar-refractivity contribution in [3.63, 3.8) is 0 Å². The second-order valence-electron chi connectivity index (χ2n) is 4.13. The minimum atomic E-state index is 0.0208. The molecule has 1 aliphatic heterocycles. The molecule has 2 heterocycles. The highest BCUT2D eigenvalue weighted by molar-refractivity contribution is 9.10. The van der Waals surface area contributed by atoms with Crippen molar-refractivity contribution >= 4 is 15.9 Å². The number of benzene rings is 1. The molecule has 1 aromatic carbocycles. The molecule has 1 fully saturated rings. The van der Waals surface area contributed by atoms with Gasteiger partial charge in [-0.2, -0.15) is 5.10 Å². The molecule has 1 aliphatic rings. The number of para-hydroxylation sites is 1. The molecule has 1 aromatic heterocycles. The molecule has 0 radical (unpaired) electrons. The van der Waals surface area contributed by atoms with Crippen LogP contribution >= 0.6 is 15.9 Å². The normalized spacial score (nSPS) is 19.1. The molecule has 1 unspecified atom stereocenters. The van der Waals surface area contributed by atoms with E-state index in [1.54, 1.807) is 6.20 Å². The van der Waals surface area contributed by atoms with Gasteiger partial charge >= 0.3 is 0 Å². The van der Waals surface area contributed by atoms with Crippen LogP contribution in [-0.2, 0) is 4.74 Å². The zero-order chi connectivity index (χ0) is 12.4. The Bertz CT molecular complexity index is 521. The molecule has 0 spiro atoms. The highest BCUT2D eigenvalue weighted by atomic mass is 79.9. The third-order valence-electron chi connectivity index (χ3n) is 2.85. The first kappa shape index (κ1) is 11.7. The van der Waals surface area contributed by atoms with Crippen molar-refractivity contribution in [2.45, 2.75) is 19.1 Å². The van der Waals surface area contributed by atoms with Gasteiger partial charge < -0.3 is 9.47 Å². The maximum atomic E-state index is 5.76. The van der Waals surface area contributed by atoms with Gasteiger partial charge in [-0.25, -0.2) is 4.68 Å². The maximum absolute atomic E-state index is 5.76. The number of ether oxygens (including phenoxy) is 2. The van der Waals surface area contributed by atoms with E-state index in [0.717, 1.165) is 29.8 Å². The number of nitrogens with zero attached hydrogens (tertiary/aromatic N) is 2. The third-order valence-corrected chi connectivity index (χ3v) is 3.61. The second-order valence-corrected chi connectivity index (χ2v) is 4.88. The molecule has 1 atom stereocenters. The molecular formula is C13H13BrN2O2. The predicted octanol–water partition coefficient (Wildman–Crippen LogP) is 3.75. The number of halogens is 1. The number of hydrogen-bond donors (Lipinski definition) is 0. The van der Waals surface area contributed by atoms with Crippen molar-refractivity contribution in [1.29, 1.82) is 0 Å². The summed E-state index contributed by atoms with van der Waals surface area (Å²) in [4.78, 5) is 0. The van der Waals surface area contributed by atoms with E-state index in [4.69, 9.17) is 9.47 Å². The SMILES string of the molecule is Brc1c(Oc2ccccc2)cnn1C1CCCO1. The Morgan fingerprint density at radius 3 is 2.89 bits per heavy atom. The quantitative estimate of drug-likeness (QED) is 0.866. The molecule has 0 N–H and O–H groups in total. The molecule has 5 heteroatoms. The fourth-order valence-corrected chi connectivity index (χ4v) is 2.47. The van der Waals surface area contributed by atoms with E-state index >= 15 is 0 Å². The smallest absolute Gasteiger partial charge is 0.179 e. The minimum Gasteiger partial charge on any atom is -0.453 e. The molecule has 0 saturated carbocycles. The molecule has 0 bridgehead atoms. The number of rotatable bonds is 3. The number of aromatic nitrogens is 2. The summed E-state index contributed by atoms with van der Waals surface area (Å²) in [6.45, 7) is 0.797. The van der Waals surface area contributed by atoms with E-state index in [9.17, 15) is 0 Å². The lowest BCUT2D eigenvalue weighted by atomic mass is 10.3. The standard InChI is InChI=1S/C13H13BrN2O2/c14-13-11(18-10-5-2-1-3-6-10)9-15-16(13)12-7-4-8-17-12/h1-3,5-6,9,12H,4,7-8H2. The average Bonchev–Trinajstić information content (AvgIpc) is 3.02. The summed E-state index contributed by atoms with van der Waals surface area (Å²) < 4.78 is 14.0. The molecule has 0 amide bonds. The summed E-state index contributed by atoms with van der Waals surface area (Å²) in [6.07, 6.45) is 3.79. The largest absolute Gasteiger partial charge is 0.453 e. The zero-order valence-electron chi connectivity index (χ0n) is 9.75. The molecule has 94 valence electrons. The van der Waals surface area contributed by atoms with Crippen LogP contribution in [-0.4, -0.2) is 16.4 Å². The highest BCUT2D eigenvalue weighted by Crippen LogP contribution is 2.34. The summed E-state index contributed by atoms with van der Waals surface area (Å²) >= 11 is 3.51. The summed E-state index contributed by atoms with van der Waals surface area (Å²) in [5.41, 5.74) is 0. The average molecular weight is 309 g/mol. The molecular weight excluding hydrogens is 296 g/mol. The van der Waals surface area contributed by atoms with Gasteiger partial charge in [0, 0.05) is 6.61 Å². The molecule has 18 heavy (non-hydrogen) atoms. The first-order valence-corrected chi connectivity index (χ1v) is 6.71. The van der Waals surface area contributed by atoms with Gasteiger partial charge in [-0.15, -0.1) is 0 Å². The fraction of sp³-hybridized carbons (Fsp3) is 0.308. The molecule has 4 nitrogen and oxygen atoms in total. The Hall–Kier alpha value is -1.33. The van der Waals surface area contributed by atoms with E-state index < -0.39 is 0 Å². The first-order chi connectivity index (χ1) is 8.84. The minimum absolute atomic E-state index is 0.0208. The van der Waals surface area contributed by atoms with Crippen LogP contribution in [0.4, 0.5) is 0 Å². The second kappa shape index (κ2) is 5.12. The van der Waals surface area contributed by atoms with Crippen LogP contribution in [0.3, 0.4) is 0 Å². The summed E-state index contributed by atoms with van der Waals surface area (Å²) in [7, 11) is 0. The van der Waals surface area contributed by atoms with E-state index in [-0.39, 0.29) is 6.23 Å². The summed E-state index contributed by atoms with van der Waals surface area (Å²) in [5, 5.41) is 4.31. The van der Waals surface area contributed by atoms with Gasteiger partial charge in [0.1, 0.15) is 10.4 Å². The van der Waals surface area contributed by atoms with Crippen molar-refractivity contribution < 1.29 is 9.47 Å². The van der Waals surface area contributed by atoms with E-state index in [1.165, 1.54) is 0 Å². The lowest BCUT2D eigenvalue weighted by Gasteiger charge is -2.11. The maximum Gasteiger partial charge on any atom is 0.179 e. The van der Waals surface area contributed by atoms with E-state index in [2.05, 4.69) is 21.0 Å². The first-order valence-electron chi connectivity index (χ1n) is 5.92. The van der Waals surface area contributed by atoms with Crippen molar-refractivity contribution in [1.82, 2.24) is 9.78 Å². The van der Waals surface area contributed by atoms with E-state index in [0.29, 0.717) is 5.75 Å². The Balaban J connectivity index is 1.81. The van der Waals surface area contributed by atoms with Gasteiger partial charge in [0.25, 0.3) is 0 Å². The Labute approximate surface area is 114 Å². The highest BCUT2D eigenvalue weighted by Gasteiger charge is 2.22. The van der Waals surface area contributed by atoms with Crippen LogP contribution in [0, 0.1) is 0 Å². The van der Waals surface area contributed by atoms with Gasteiger partial charge in [0.15, 0.2) is 12.0 Å². The van der Waals surface area contributed by atoms with Gasteiger partial charge in [0.2, 0.25) is 0 Å². The molecule has 0 aliphatic carbocycles. The third kappa shape index (κ3) is 2.28.